The van der Waals surface area contributed by atoms with Crippen LogP contribution in [0.4, 0.5) is 0 Å². The van der Waals surface area contributed by atoms with Gasteiger partial charge in [0, 0.05) is 5.92 Å². The Bertz CT molecular complexity index is 612. The van der Waals surface area contributed by atoms with E-state index >= 15 is 0 Å². The molecule has 0 nitrogen and oxygen atoms in total. The minimum absolute atomic E-state index is 0.194. The summed E-state index contributed by atoms with van der Waals surface area (Å²) in [5.74, 6) is 0.414. The molecule has 2 aromatic carbocycles. The third-order valence-corrected chi connectivity index (χ3v) is 3.93. The standard InChI is InChI=1S/C19H20/c1-19(2,3)17-13-15-11-7-8-12-16(15)18(17)14-9-5-4-6-10-14/h4-13,18H,1-3H3. The van der Waals surface area contributed by atoms with Crippen molar-refractivity contribution in [2.75, 3.05) is 0 Å². The lowest BCUT2D eigenvalue weighted by molar-refractivity contribution is 0.484. The van der Waals surface area contributed by atoms with Gasteiger partial charge in [-0.25, -0.2) is 0 Å². The lowest BCUT2D eigenvalue weighted by Crippen LogP contribution is -2.15. The maximum Gasteiger partial charge on any atom is 0.0313 e. The third-order valence-electron chi connectivity index (χ3n) is 3.93. The van der Waals surface area contributed by atoms with Crippen molar-refractivity contribution in [3.63, 3.8) is 0 Å². The minimum atomic E-state index is 0.194. The maximum atomic E-state index is 2.38. The quantitative estimate of drug-likeness (QED) is 0.645. The molecule has 1 aliphatic rings. The number of fused-ring (bicyclic) bond motifs is 1. The SMILES string of the molecule is CC(C)(C)C1=Cc2ccccc2C1c1ccccc1. The molecule has 2 aromatic rings. The molecule has 3 rings (SSSR count). The normalized spacial score (nSPS) is 18.1. The van der Waals surface area contributed by atoms with Gasteiger partial charge >= 0.3 is 0 Å². The molecular weight excluding hydrogens is 228 g/mol. The molecule has 0 N–H and O–H groups in total. The summed E-state index contributed by atoms with van der Waals surface area (Å²) >= 11 is 0. The van der Waals surface area contributed by atoms with Crippen LogP contribution in [0.3, 0.4) is 0 Å². The summed E-state index contributed by atoms with van der Waals surface area (Å²) in [6, 6.07) is 19.6. The molecule has 0 heteroatoms. The van der Waals surface area contributed by atoms with Crippen molar-refractivity contribution < 1.29 is 0 Å². The van der Waals surface area contributed by atoms with E-state index in [0.717, 1.165) is 0 Å². The number of allylic oxidation sites excluding steroid dienone is 1. The average Bonchev–Trinajstić information content (AvgIpc) is 2.79. The van der Waals surface area contributed by atoms with Gasteiger partial charge in [-0.2, -0.15) is 0 Å². The van der Waals surface area contributed by atoms with Crippen LogP contribution in [-0.4, -0.2) is 0 Å². The molecule has 0 spiro atoms. The first kappa shape index (κ1) is 12.2. The lowest BCUT2D eigenvalue weighted by Gasteiger charge is -2.28. The van der Waals surface area contributed by atoms with Crippen LogP contribution in [0.25, 0.3) is 6.08 Å². The van der Waals surface area contributed by atoms with Crippen molar-refractivity contribution in [2.24, 2.45) is 5.41 Å². The van der Waals surface area contributed by atoms with Crippen molar-refractivity contribution >= 4 is 6.08 Å². The molecule has 0 radical (unpaired) electrons. The second-order valence-corrected chi connectivity index (χ2v) is 6.32. The highest BCUT2D eigenvalue weighted by atomic mass is 14.4. The van der Waals surface area contributed by atoms with E-state index in [1.807, 2.05) is 0 Å². The van der Waals surface area contributed by atoms with Gasteiger partial charge in [-0.15, -0.1) is 0 Å². The van der Waals surface area contributed by atoms with Crippen molar-refractivity contribution in [2.45, 2.75) is 26.7 Å². The summed E-state index contributed by atoms with van der Waals surface area (Å²) in [6.45, 7) is 6.92. The Labute approximate surface area is 115 Å². The van der Waals surface area contributed by atoms with Crippen LogP contribution < -0.4 is 0 Å². The van der Waals surface area contributed by atoms with Gasteiger partial charge in [0.05, 0.1) is 0 Å². The zero-order valence-corrected chi connectivity index (χ0v) is 11.9. The molecular formula is C19H20. The molecule has 0 saturated carbocycles. The highest BCUT2D eigenvalue weighted by Crippen LogP contribution is 2.48. The summed E-state index contributed by atoms with van der Waals surface area (Å²) in [5.41, 5.74) is 5.92. The van der Waals surface area contributed by atoms with Crippen molar-refractivity contribution in [3.05, 3.63) is 76.9 Å². The highest BCUT2D eigenvalue weighted by Gasteiger charge is 2.32. The van der Waals surface area contributed by atoms with Gasteiger partial charge in [-0.1, -0.05) is 87.0 Å². The number of rotatable bonds is 1. The smallest absolute Gasteiger partial charge is 0.0313 e. The summed E-state index contributed by atoms with van der Waals surface area (Å²) < 4.78 is 0. The van der Waals surface area contributed by atoms with Gasteiger partial charge < -0.3 is 0 Å². The predicted octanol–water partition coefficient (Wildman–Crippen LogP) is 5.26. The summed E-state index contributed by atoms with van der Waals surface area (Å²) in [7, 11) is 0. The van der Waals surface area contributed by atoms with Crippen LogP contribution in [0.2, 0.25) is 0 Å². The zero-order valence-electron chi connectivity index (χ0n) is 11.9. The molecule has 1 atom stereocenters. The van der Waals surface area contributed by atoms with E-state index in [1.54, 1.807) is 0 Å². The summed E-state index contributed by atoms with van der Waals surface area (Å²) in [5, 5.41) is 0. The molecule has 0 heterocycles. The Morgan fingerprint density at radius 1 is 0.789 bits per heavy atom. The summed E-state index contributed by atoms with van der Waals surface area (Å²) in [4.78, 5) is 0. The van der Waals surface area contributed by atoms with Crippen LogP contribution in [-0.2, 0) is 0 Å². The van der Waals surface area contributed by atoms with Crippen molar-refractivity contribution in [3.8, 4) is 0 Å². The zero-order chi connectivity index (χ0) is 13.5. The fourth-order valence-corrected chi connectivity index (χ4v) is 2.98. The van der Waals surface area contributed by atoms with Gasteiger partial charge in [0.1, 0.15) is 0 Å². The molecule has 1 unspecified atom stereocenters. The van der Waals surface area contributed by atoms with E-state index in [9.17, 15) is 0 Å². The van der Waals surface area contributed by atoms with Gasteiger partial charge in [0.25, 0.3) is 0 Å². The minimum Gasteiger partial charge on any atom is -0.0622 e. The second kappa shape index (κ2) is 4.38. The molecule has 96 valence electrons. The van der Waals surface area contributed by atoms with E-state index in [1.165, 1.54) is 22.3 Å². The number of hydrogen-bond acceptors (Lipinski definition) is 0. The first-order valence-electron chi connectivity index (χ1n) is 6.93. The Balaban J connectivity index is 2.17. The highest BCUT2D eigenvalue weighted by molar-refractivity contribution is 5.70. The Morgan fingerprint density at radius 2 is 1.42 bits per heavy atom. The van der Waals surface area contributed by atoms with Crippen LogP contribution in [0.15, 0.2) is 60.2 Å². The monoisotopic (exact) mass is 248 g/mol. The maximum absolute atomic E-state index is 2.38. The molecule has 0 aliphatic heterocycles. The fourth-order valence-electron chi connectivity index (χ4n) is 2.98. The van der Waals surface area contributed by atoms with Gasteiger partial charge in [-0.05, 0) is 22.1 Å². The van der Waals surface area contributed by atoms with E-state index in [-0.39, 0.29) is 5.41 Å². The largest absolute Gasteiger partial charge is 0.0622 e. The molecule has 1 aliphatic carbocycles. The Kier molecular flexibility index (Phi) is 2.82. The molecule has 0 amide bonds. The van der Waals surface area contributed by atoms with Crippen LogP contribution in [0.5, 0.6) is 0 Å². The van der Waals surface area contributed by atoms with Gasteiger partial charge in [-0.3, -0.25) is 0 Å². The molecule has 19 heavy (non-hydrogen) atoms. The fraction of sp³-hybridized carbons (Fsp3) is 0.263. The lowest BCUT2D eigenvalue weighted by atomic mass is 9.76. The van der Waals surface area contributed by atoms with E-state index < -0.39 is 0 Å². The first-order valence-corrected chi connectivity index (χ1v) is 6.93. The Hall–Kier alpha value is -1.82. The van der Waals surface area contributed by atoms with Crippen LogP contribution >= 0.6 is 0 Å². The van der Waals surface area contributed by atoms with E-state index in [2.05, 4.69) is 81.4 Å². The summed E-state index contributed by atoms with van der Waals surface area (Å²) in [6.07, 6.45) is 2.38. The third kappa shape index (κ3) is 2.12. The van der Waals surface area contributed by atoms with Crippen LogP contribution in [0, 0.1) is 5.41 Å². The molecule has 0 fully saturated rings. The van der Waals surface area contributed by atoms with E-state index in [0.29, 0.717) is 5.92 Å². The Morgan fingerprint density at radius 3 is 2.11 bits per heavy atom. The molecule has 0 bridgehead atoms. The van der Waals surface area contributed by atoms with Crippen LogP contribution in [0.1, 0.15) is 43.4 Å². The topological polar surface area (TPSA) is 0 Å². The number of benzene rings is 2. The predicted molar refractivity (Wildman–Crippen MR) is 82.2 cm³/mol. The van der Waals surface area contributed by atoms with Gasteiger partial charge in [0.2, 0.25) is 0 Å². The van der Waals surface area contributed by atoms with E-state index in [4.69, 9.17) is 0 Å². The van der Waals surface area contributed by atoms with Crippen molar-refractivity contribution in [1.82, 2.24) is 0 Å². The first-order chi connectivity index (χ1) is 9.07. The second-order valence-electron chi connectivity index (χ2n) is 6.32. The number of hydrogen-bond donors (Lipinski definition) is 0. The van der Waals surface area contributed by atoms with Gasteiger partial charge in [0.15, 0.2) is 0 Å². The average molecular weight is 248 g/mol. The van der Waals surface area contributed by atoms with Crippen molar-refractivity contribution in [1.29, 1.82) is 0 Å². The molecule has 0 saturated heterocycles. The molecule has 0 aromatic heterocycles.